The molecule has 0 radical (unpaired) electrons. The summed E-state index contributed by atoms with van der Waals surface area (Å²) in [4.78, 5) is 13.4. The highest BCUT2D eigenvalue weighted by Gasteiger charge is 2.54. The van der Waals surface area contributed by atoms with Crippen molar-refractivity contribution < 1.29 is 19.4 Å². The van der Waals surface area contributed by atoms with Gasteiger partial charge < -0.3 is 15.5 Å². The molecule has 0 unspecified atom stereocenters. The highest BCUT2D eigenvalue weighted by molar-refractivity contribution is 6.09. The summed E-state index contributed by atoms with van der Waals surface area (Å²) in [6, 6.07) is 10.1. The number of phenols is 1. The summed E-state index contributed by atoms with van der Waals surface area (Å²) in [5.41, 5.74) is 0.807. The quantitative estimate of drug-likeness (QED) is 0.709. The molecular formula is C22H24FNO3. The van der Waals surface area contributed by atoms with Gasteiger partial charge in [0.15, 0.2) is 5.82 Å². The number of aliphatic hydroxyl groups is 1. The van der Waals surface area contributed by atoms with Crippen LogP contribution < -0.4 is 5.32 Å². The number of rotatable bonds is 3. The molecular weight excluding hydrogens is 345 g/mol. The van der Waals surface area contributed by atoms with Gasteiger partial charge in [0.1, 0.15) is 11.2 Å². The van der Waals surface area contributed by atoms with E-state index in [9.17, 15) is 19.4 Å². The molecule has 5 heteroatoms. The van der Waals surface area contributed by atoms with Crippen molar-refractivity contribution in [1.82, 2.24) is 0 Å². The summed E-state index contributed by atoms with van der Waals surface area (Å²) in [6.07, 6.45) is 6.19. The lowest BCUT2D eigenvalue weighted by Gasteiger charge is -2.36. The Balaban J connectivity index is 1.96. The molecule has 1 fully saturated rings. The second-order valence-corrected chi connectivity index (χ2v) is 7.62. The number of phenolic OH excluding ortho intramolecular Hbond substituents is 1. The fraction of sp³-hybridized carbons (Fsp3) is 0.409. The number of aliphatic hydroxyl groups excluding tert-OH is 1. The predicted molar refractivity (Wildman–Crippen MR) is 101 cm³/mol. The van der Waals surface area contributed by atoms with Crippen LogP contribution in [0.4, 0.5) is 10.1 Å². The van der Waals surface area contributed by atoms with Gasteiger partial charge in [-0.05, 0) is 42.0 Å². The molecule has 1 amide bonds. The van der Waals surface area contributed by atoms with E-state index in [4.69, 9.17) is 0 Å². The summed E-state index contributed by atoms with van der Waals surface area (Å²) < 4.78 is 14.9. The van der Waals surface area contributed by atoms with E-state index in [-0.39, 0.29) is 28.8 Å². The van der Waals surface area contributed by atoms with Gasteiger partial charge >= 0.3 is 0 Å². The fourth-order valence-electron chi connectivity index (χ4n) is 4.89. The first-order valence-corrected chi connectivity index (χ1v) is 9.62. The van der Waals surface area contributed by atoms with Gasteiger partial charge in [0.25, 0.3) is 0 Å². The third kappa shape index (κ3) is 2.72. The number of anilines is 1. The lowest BCUT2D eigenvalue weighted by atomic mass is 9.64. The Kier molecular flexibility index (Phi) is 4.64. The number of nitrogens with one attached hydrogen (secondary N) is 1. The van der Waals surface area contributed by atoms with Crippen molar-refractivity contribution in [3.63, 3.8) is 0 Å². The van der Waals surface area contributed by atoms with Crippen molar-refractivity contribution in [2.75, 3.05) is 5.32 Å². The maximum atomic E-state index is 14.9. The van der Waals surface area contributed by atoms with Gasteiger partial charge in [0.2, 0.25) is 5.91 Å². The molecule has 1 saturated carbocycles. The number of amides is 1. The Hall–Kier alpha value is -2.40. The number of fused-ring (bicyclic) bond motifs is 1. The van der Waals surface area contributed by atoms with Crippen LogP contribution in [0.5, 0.6) is 5.75 Å². The summed E-state index contributed by atoms with van der Waals surface area (Å²) >= 11 is 0. The van der Waals surface area contributed by atoms with Gasteiger partial charge in [-0.3, -0.25) is 4.79 Å². The van der Waals surface area contributed by atoms with Crippen LogP contribution in [0.1, 0.15) is 55.2 Å². The van der Waals surface area contributed by atoms with E-state index >= 15 is 0 Å². The first-order chi connectivity index (χ1) is 13.1. The van der Waals surface area contributed by atoms with E-state index in [2.05, 4.69) is 5.32 Å². The van der Waals surface area contributed by atoms with Crippen LogP contribution in [-0.2, 0) is 16.8 Å². The SMILES string of the molecule is O=C1Nc2c(ccc(CO)c2F)[C@]1(c1ccc(O)cc1)C1CCCCCC1. The van der Waals surface area contributed by atoms with Crippen LogP contribution in [0.15, 0.2) is 36.4 Å². The molecule has 1 heterocycles. The molecule has 0 saturated heterocycles. The number of halogens is 1. The smallest absolute Gasteiger partial charge is 0.239 e. The molecule has 0 aromatic heterocycles. The summed E-state index contributed by atoms with van der Waals surface area (Å²) in [5.74, 6) is -0.581. The minimum Gasteiger partial charge on any atom is -0.508 e. The lowest BCUT2D eigenvalue weighted by Crippen LogP contribution is -2.43. The van der Waals surface area contributed by atoms with Gasteiger partial charge in [0.05, 0.1) is 12.3 Å². The molecule has 1 atom stereocenters. The second-order valence-electron chi connectivity index (χ2n) is 7.62. The Labute approximate surface area is 158 Å². The summed E-state index contributed by atoms with van der Waals surface area (Å²) in [6.45, 7) is -0.412. The van der Waals surface area contributed by atoms with E-state index in [1.807, 2.05) is 0 Å². The summed E-state index contributed by atoms with van der Waals surface area (Å²) in [7, 11) is 0. The molecule has 1 aliphatic heterocycles. The monoisotopic (exact) mass is 369 g/mol. The number of carbonyl (C=O) groups is 1. The van der Waals surface area contributed by atoms with E-state index in [0.29, 0.717) is 5.56 Å². The molecule has 0 bridgehead atoms. The van der Waals surface area contributed by atoms with Gasteiger partial charge in [-0.2, -0.15) is 0 Å². The van der Waals surface area contributed by atoms with Crippen LogP contribution in [0.3, 0.4) is 0 Å². The van der Waals surface area contributed by atoms with Gasteiger partial charge in [-0.1, -0.05) is 49.9 Å². The van der Waals surface area contributed by atoms with Gasteiger partial charge in [-0.15, -0.1) is 0 Å². The van der Waals surface area contributed by atoms with E-state index < -0.39 is 17.8 Å². The first-order valence-electron chi connectivity index (χ1n) is 9.62. The molecule has 2 aliphatic rings. The topological polar surface area (TPSA) is 69.6 Å². The zero-order valence-corrected chi connectivity index (χ0v) is 15.2. The maximum Gasteiger partial charge on any atom is 0.239 e. The molecule has 142 valence electrons. The minimum absolute atomic E-state index is 0.0603. The predicted octanol–water partition coefficient (Wildman–Crippen LogP) is 4.23. The average Bonchev–Trinajstić information content (AvgIpc) is 2.83. The van der Waals surface area contributed by atoms with Crippen molar-refractivity contribution in [3.8, 4) is 5.75 Å². The second kappa shape index (κ2) is 6.97. The Morgan fingerprint density at radius 2 is 1.70 bits per heavy atom. The van der Waals surface area contributed by atoms with Crippen LogP contribution in [0, 0.1) is 11.7 Å². The van der Waals surface area contributed by atoms with Gasteiger partial charge in [0, 0.05) is 5.56 Å². The minimum atomic E-state index is -0.970. The molecule has 1 aliphatic carbocycles. The maximum absolute atomic E-state index is 14.9. The number of aromatic hydroxyl groups is 1. The molecule has 3 N–H and O–H groups in total. The Morgan fingerprint density at radius 1 is 1.04 bits per heavy atom. The van der Waals surface area contributed by atoms with Crippen LogP contribution >= 0.6 is 0 Å². The van der Waals surface area contributed by atoms with Crippen molar-refractivity contribution in [3.05, 3.63) is 58.9 Å². The van der Waals surface area contributed by atoms with E-state index in [1.54, 1.807) is 36.4 Å². The third-order valence-electron chi connectivity index (χ3n) is 6.20. The number of benzene rings is 2. The highest BCUT2D eigenvalue weighted by Crippen LogP contribution is 2.52. The zero-order valence-electron chi connectivity index (χ0n) is 15.2. The van der Waals surface area contributed by atoms with Crippen molar-refractivity contribution in [2.45, 2.75) is 50.5 Å². The lowest BCUT2D eigenvalue weighted by molar-refractivity contribution is -0.121. The molecule has 2 aromatic rings. The van der Waals surface area contributed by atoms with Gasteiger partial charge in [-0.25, -0.2) is 4.39 Å². The molecule has 0 spiro atoms. The van der Waals surface area contributed by atoms with Crippen LogP contribution in [0.2, 0.25) is 0 Å². The Morgan fingerprint density at radius 3 is 2.33 bits per heavy atom. The van der Waals surface area contributed by atoms with Crippen LogP contribution in [-0.4, -0.2) is 16.1 Å². The standard InChI is InChI=1S/C22H24FNO3/c23-19-14(13-25)7-12-18-20(19)24-21(27)22(18,15-5-3-1-2-4-6-15)16-8-10-17(26)11-9-16/h7-12,15,25-26H,1-6,13H2,(H,24,27)/t22-/m1/s1. The molecule has 4 nitrogen and oxygen atoms in total. The average molecular weight is 369 g/mol. The zero-order chi connectivity index (χ0) is 19.0. The first kappa shape index (κ1) is 18.0. The normalized spacial score (nSPS) is 23.0. The molecule has 27 heavy (non-hydrogen) atoms. The van der Waals surface area contributed by atoms with Crippen molar-refractivity contribution in [1.29, 1.82) is 0 Å². The van der Waals surface area contributed by atoms with Crippen molar-refractivity contribution >= 4 is 11.6 Å². The van der Waals surface area contributed by atoms with E-state index in [1.165, 1.54) is 0 Å². The number of hydrogen-bond donors (Lipinski definition) is 3. The highest BCUT2D eigenvalue weighted by atomic mass is 19.1. The molecule has 2 aromatic carbocycles. The third-order valence-corrected chi connectivity index (χ3v) is 6.20. The fourth-order valence-corrected chi connectivity index (χ4v) is 4.89. The summed E-state index contributed by atoms with van der Waals surface area (Å²) in [5, 5.41) is 21.9. The van der Waals surface area contributed by atoms with Crippen LogP contribution in [0.25, 0.3) is 0 Å². The van der Waals surface area contributed by atoms with Crippen molar-refractivity contribution in [2.24, 2.45) is 5.92 Å². The number of hydrogen-bond acceptors (Lipinski definition) is 3. The van der Waals surface area contributed by atoms with E-state index in [0.717, 1.165) is 44.1 Å². The molecule has 4 rings (SSSR count). The Bertz CT molecular complexity index is 857. The largest absolute Gasteiger partial charge is 0.508 e. The number of carbonyl (C=O) groups excluding carboxylic acids is 1.